The minimum atomic E-state index is -0.562. The predicted molar refractivity (Wildman–Crippen MR) is 118 cm³/mol. The van der Waals surface area contributed by atoms with Gasteiger partial charge >= 0.3 is 6.09 Å². The molecule has 0 spiro atoms. The lowest BCUT2D eigenvalue weighted by molar-refractivity contribution is 0.0996. The number of ether oxygens (including phenoxy) is 1. The number of rotatable bonds is 8. The summed E-state index contributed by atoms with van der Waals surface area (Å²) in [5.41, 5.74) is 7.47. The van der Waals surface area contributed by atoms with E-state index in [9.17, 15) is 9.59 Å². The Morgan fingerprint density at radius 1 is 1.23 bits per heavy atom. The Kier molecular flexibility index (Phi) is 7.11. The summed E-state index contributed by atoms with van der Waals surface area (Å²) in [4.78, 5) is 35.7. The fraction of sp³-hybridized carbons (Fsp3) is 0.429. The van der Waals surface area contributed by atoms with E-state index in [1.807, 2.05) is 19.1 Å². The summed E-state index contributed by atoms with van der Waals surface area (Å²) >= 11 is 0. The van der Waals surface area contributed by atoms with Crippen LogP contribution in [0, 0.1) is 0 Å². The van der Waals surface area contributed by atoms with Gasteiger partial charge in [-0.2, -0.15) is 4.98 Å². The summed E-state index contributed by atoms with van der Waals surface area (Å²) in [5.74, 6) is 0.265. The van der Waals surface area contributed by atoms with Gasteiger partial charge in [-0.1, -0.05) is 6.58 Å². The van der Waals surface area contributed by atoms with Crippen molar-refractivity contribution < 1.29 is 14.3 Å². The van der Waals surface area contributed by atoms with Crippen LogP contribution in [0.15, 0.2) is 42.4 Å². The van der Waals surface area contributed by atoms with Gasteiger partial charge in [0.25, 0.3) is 5.91 Å². The number of allylic oxidation sites excluding steroid dienone is 4. The van der Waals surface area contributed by atoms with Crippen molar-refractivity contribution in [3.05, 3.63) is 48.0 Å². The lowest BCUT2D eigenvalue weighted by Gasteiger charge is -2.35. The van der Waals surface area contributed by atoms with Gasteiger partial charge in [0.05, 0.1) is 12.7 Å². The number of primary amides is 1. The third-order valence-corrected chi connectivity index (χ3v) is 5.07. The van der Waals surface area contributed by atoms with Gasteiger partial charge in [0.1, 0.15) is 5.82 Å². The first-order valence-corrected chi connectivity index (χ1v) is 10.2. The molecule has 1 saturated heterocycles. The lowest BCUT2D eigenvalue weighted by Crippen LogP contribution is -2.47. The van der Waals surface area contributed by atoms with Crippen LogP contribution in [0.2, 0.25) is 0 Å². The summed E-state index contributed by atoms with van der Waals surface area (Å²) < 4.78 is 4.77. The Hall–Kier alpha value is -3.56. The van der Waals surface area contributed by atoms with Crippen LogP contribution in [-0.2, 0) is 4.74 Å². The first kappa shape index (κ1) is 22.1. The molecule has 1 aliphatic carbocycles. The number of methoxy groups -OCH3 is 1. The Labute approximate surface area is 181 Å². The number of nitrogens with two attached hydrogens (primary N) is 1. The largest absolute Gasteiger partial charge is 0.453 e. The topological polar surface area (TPSA) is 126 Å². The molecular weight excluding hydrogens is 398 g/mol. The number of aromatic nitrogens is 2. The van der Waals surface area contributed by atoms with E-state index in [-0.39, 0.29) is 11.7 Å². The monoisotopic (exact) mass is 427 g/mol. The van der Waals surface area contributed by atoms with E-state index in [1.54, 1.807) is 11.0 Å². The SMILES string of the molecule is C=C/C(=C\C=C(/C)Nc1ncc(C(N)=O)c(NC2CC2)n1)N1CCN(C(=O)OC)CC1. The van der Waals surface area contributed by atoms with Crippen molar-refractivity contribution >= 4 is 23.8 Å². The Morgan fingerprint density at radius 3 is 2.48 bits per heavy atom. The number of carbonyl (C=O) groups excluding carboxylic acids is 2. The number of nitrogens with one attached hydrogen (secondary N) is 2. The molecule has 3 rings (SSSR count). The fourth-order valence-electron chi connectivity index (χ4n) is 3.16. The van der Waals surface area contributed by atoms with Crippen LogP contribution in [0.25, 0.3) is 0 Å². The minimum absolute atomic E-state index is 0.277. The Morgan fingerprint density at radius 2 is 1.90 bits per heavy atom. The highest BCUT2D eigenvalue weighted by Gasteiger charge is 2.24. The van der Waals surface area contributed by atoms with Gasteiger partial charge in [-0.3, -0.25) is 4.79 Å². The van der Waals surface area contributed by atoms with E-state index in [0.717, 1.165) is 24.2 Å². The number of hydrogen-bond donors (Lipinski definition) is 3. The molecular formula is C21H29N7O3. The average Bonchev–Trinajstić information content (AvgIpc) is 3.58. The molecule has 1 aromatic rings. The molecule has 0 radical (unpaired) electrons. The highest BCUT2D eigenvalue weighted by Crippen LogP contribution is 2.26. The Balaban J connectivity index is 1.65. The molecule has 4 N–H and O–H groups in total. The van der Waals surface area contributed by atoms with Gasteiger partial charge in [0.15, 0.2) is 0 Å². The second-order valence-electron chi connectivity index (χ2n) is 7.45. The van der Waals surface area contributed by atoms with E-state index in [2.05, 4.69) is 32.1 Å². The molecule has 2 heterocycles. The Bertz CT molecular complexity index is 900. The summed E-state index contributed by atoms with van der Waals surface area (Å²) in [6.45, 7) is 8.37. The highest BCUT2D eigenvalue weighted by atomic mass is 16.5. The van der Waals surface area contributed by atoms with E-state index in [1.165, 1.54) is 13.3 Å². The quantitative estimate of drug-likeness (QED) is 0.537. The van der Waals surface area contributed by atoms with Crippen LogP contribution >= 0.6 is 0 Å². The highest BCUT2D eigenvalue weighted by molar-refractivity contribution is 5.97. The second kappa shape index (κ2) is 9.96. The van der Waals surface area contributed by atoms with Crippen molar-refractivity contribution in [1.29, 1.82) is 0 Å². The summed E-state index contributed by atoms with van der Waals surface area (Å²) in [7, 11) is 1.39. The summed E-state index contributed by atoms with van der Waals surface area (Å²) in [6, 6.07) is 0.329. The van der Waals surface area contributed by atoms with Gasteiger partial charge in [-0.05, 0) is 38.0 Å². The molecule has 31 heavy (non-hydrogen) atoms. The first-order valence-electron chi connectivity index (χ1n) is 10.2. The number of piperazine rings is 1. The van der Waals surface area contributed by atoms with Gasteiger partial charge in [-0.15, -0.1) is 0 Å². The van der Waals surface area contributed by atoms with Gasteiger partial charge < -0.3 is 30.9 Å². The third-order valence-electron chi connectivity index (χ3n) is 5.07. The molecule has 10 nitrogen and oxygen atoms in total. The minimum Gasteiger partial charge on any atom is -0.453 e. The van der Waals surface area contributed by atoms with Crippen molar-refractivity contribution in [2.24, 2.45) is 5.73 Å². The fourth-order valence-corrected chi connectivity index (χ4v) is 3.16. The lowest BCUT2D eigenvalue weighted by atomic mass is 10.2. The third kappa shape index (κ3) is 5.97. The molecule has 166 valence electrons. The second-order valence-corrected chi connectivity index (χ2v) is 7.45. The van der Waals surface area contributed by atoms with Crippen molar-refractivity contribution in [2.45, 2.75) is 25.8 Å². The molecule has 0 unspecified atom stereocenters. The first-order chi connectivity index (χ1) is 14.9. The van der Waals surface area contributed by atoms with Crippen LogP contribution in [0.5, 0.6) is 0 Å². The predicted octanol–water partition coefficient (Wildman–Crippen LogP) is 1.92. The molecule has 1 aromatic heterocycles. The zero-order valence-corrected chi connectivity index (χ0v) is 17.9. The maximum Gasteiger partial charge on any atom is 0.409 e. The van der Waals surface area contributed by atoms with Crippen LogP contribution in [0.1, 0.15) is 30.1 Å². The van der Waals surface area contributed by atoms with Crippen molar-refractivity contribution in [1.82, 2.24) is 19.8 Å². The van der Waals surface area contributed by atoms with E-state index >= 15 is 0 Å². The van der Waals surface area contributed by atoms with Crippen LogP contribution in [0.4, 0.5) is 16.6 Å². The molecule has 1 aliphatic heterocycles. The number of amides is 2. The standard InChI is InChI=1S/C21H29N7O3/c1-4-16(27-9-11-28(12-10-27)21(30)31-3)8-5-14(2)24-20-23-13-17(18(22)29)19(26-20)25-15-6-7-15/h4-5,8,13,15H,1,6-7,9-12H2,2-3H3,(H2,22,29)(H2,23,24,25,26)/b14-5+,16-8+. The molecule has 2 amide bonds. The molecule has 2 aliphatic rings. The van der Waals surface area contributed by atoms with Gasteiger partial charge in [0.2, 0.25) is 5.95 Å². The molecule has 0 aromatic carbocycles. The number of carbonyl (C=O) groups is 2. The van der Waals surface area contributed by atoms with E-state index in [4.69, 9.17) is 10.5 Å². The van der Waals surface area contributed by atoms with Gasteiger partial charge in [0, 0.05) is 49.8 Å². The molecule has 2 fully saturated rings. The van der Waals surface area contributed by atoms with E-state index in [0.29, 0.717) is 44.0 Å². The van der Waals surface area contributed by atoms with E-state index < -0.39 is 5.91 Å². The molecule has 1 saturated carbocycles. The number of hydrogen-bond acceptors (Lipinski definition) is 8. The van der Waals surface area contributed by atoms with Gasteiger partial charge in [-0.25, -0.2) is 9.78 Å². The van der Waals surface area contributed by atoms with Crippen molar-refractivity contribution in [2.75, 3.05) is 43.9 Å². The van der Waals surface area contributed by atoms with Crippen molar-refractivity contribution in [3.63, 3.8) is 0 Å². The normalized spacial score (nSPS) is 17.2. The summed E-state index contributed by atoms with van der Waals surface area (Å²) in [6.07, 6.45) is 8.86. The molecule has 0 atom stereocenters. The smallest absolute Gasteiger partial charge is 0.409 e. The van der Waals surface area contributed by atoms with Crippen molar-refractivity contribution in [3.8, 4) is 0 Å². The zero-order valence-electron chi connectivity index (χ0n) is 17.9. The summed E-state index contributed by atoms with van der Waals surface area (Å²) in [5, 5.41) is 6.35. The van der Waals surface area contributed by atoms with Crippen LogP contribution in [0.3, 0.4) is 0 Å². The maximum atomic E-state index is 11.6. The number of anilines is 2. The van der Waals surface area contributed by atoms with Crippen LogP contribution < -0.4 is 16.4 Å². The average molecular weight is 428 g/mol. The zero-order chi connectivity index (χ0) is 22.4. The molecule has 10 heteroatoms. The van der Waals surface area contributed by atoms with Crippen LogP contribution in [-0.4, -0.2) is 71.1 Å². The molecule has 0 bridgehead atoms. The number of nitrogens with zero attached hydrogens (tertiary/aromatic N) is 4. The maximum absolute atomic E-state index is 11.6.